The third-order valence-corrected chi connectivity index (χ3v) is 3.79. The van der Waals surface area contributed by atoms with Gasteiger partial charge in [0.05, 0.1) is 12.2 Å². The number of pyridine rings is 1. The number of carbonyl (C=O) groups is 1. The fourth-order valence-corrected chi connectivity index (χ4v) is 2.83. The van der Waals surface area contributed by atoms with Gasteiger partial charge in [0.25, 0.3) is 0 Å². The van der Waals surface area contributed by atoms with Gasteiger partial charge in [-0.25, -0.2) is 0 Å². The van der Waals surface area contributed by atoms with Crippen molar-refractivity contribution in [2.24, 2.45) is 0 Å². The van der Waals surface area contributed by atoms with Crippen molar-refractivity contribution >= 4 is 5.91 Å². The lowest BCUT2D eigenvalue weighted by molar-refractivity contribution is -0.125. The van der Waals surface area contributed by atoms with Crippen molar-refractivity contribution in [1.29, 1.82) is 0 Å². The molecule has 5 nitrogen and oxygen atoms in total. The molecule has 0 radical (unpaired) electrons. The predicted molar refractivity (Wildman–Crippen MR) is 87.4 cm³/mol. The Morgan fingerprint density at radius 1 is 1.43 bits per heavy atom. The number of carbonyl (C=O) groups excluding carboxylic acids is 1. The molecule has 0 saturated carbocycles. The van der Waals surface area contributed by atoms with Crippen molar-refractivity contribution in [3.05, 3.63) is 47.7 Å². The summed E-state index contributed by atoms with van der Waals surface area (Å²) in [6.45, 7) is 2.61. The van der Waals surface area contributed by atoms with E-state index in [9.17, 15) is 4.79 Å². The second-order valence-corrected chi connectivity index (χ2v) is 5.70. The number of hydrogen-bond acceptors (Lipinski definition) is 4. The molecule has 1 N–H and O–H groups in total. The van der Waals surface area contributed by atoms with Gasteiger partial charge in [-0.1, -0.05) is 12.1 Å². The number of nitrogens with one attached hydrogen (secondary N) is 1. The number of benzene rings is 1. The number of aromatic nitrogens is 1. The lowest BCUT2D eigenvalue weighted by Crippen LogP contribution is -2.36. The minimum absolute atomic E-state index is 0.0601. The highest BCUT2D eigenvalue weighted by Crippen LogP contribution is 2.38. The third-order valence-electron chi connectivity index (χ3n) is 3.79. The monoisotopic (exact) mass is 312 g/mol. The number of aryl methyl sites for hydroxylation is 1. The van der Waals surface area contributed by atoms with E-state index in [1.54, 1.807) is 6.20 Å². The van der Waals surface area contributed by atoms with E-state index in [0.29, 0.717) is 6.54 Å². The topological polar surface area (TPSA) is 60.5 Å². The van der Waals surface area contributed by atoms with E-state index in [0.717, 1.165) is 29.0 Å². The molecule has 2 aromatic rings. The van der Waals surface area contributed by atoms with Crippen LogP contribution in [-0.4, -0.2) is 37.3 Å². The number of methoxy groups -OCH3 is 1. The Balaban J connectivity index is 1.78. The lowest BCUT2D eigenvalue weighted by Gasteiger charge is -2.13. The molecule has 0 fully saturated rings. The molecule has 1 aromatic heterocycles. The zero-order valence-corrected chi connectivity index (χ0v) is 13.3. The molecule has 0 aliphatic carbocycles. The van der Waals surface area contributed by atoms with Gasteiger partial charge in [-0.3, -0.25) is 9.78 Å². The van der Waals surface area contributed by atoms with Crippen LogP contribution >= 0.6 is 0 Å². The molecule has 1 atom stereocenters. The summed E-state index contributed by atoms with van der Waals surface area (Å²) in [7, 11) is 1.50. The maximum atomic E-state index is 11.5. The van der Waals surface area contributed by atoms with Crippen LogP contribution in [0.2, 0.25) is 0 Å². The zero-order chi connectivity index (χ0) is 16.2. The molecule has 0 bridgehead atoms. The summed E-state index contributed by atoms with van der Waals surface area (Å²) >= 11 is 0. The van der Waals surface area contributed by atoms with Crippen molar-refractivity contribution in [3.8, 4) is 17.0 Å². The van der Waals surface area contributed by atoms with Crippen molar-refractivity contribution in [3.63, 3.8) is 0 Å². The van der Waals surface area contributed by atoms with Crippen molar-refractivity contribution in [2.45, 2.75) is 19.4 Å². The molecule has 0 unspecified atom stereocenters. The predicted octanol–water partition coefficient (Wildman–Crippen LogP) is 2.12. The number of rotatable bonds is 5. The van der Waals surface area contributed by atoms with Crippen LogP contribution < -0.4 is 10.1 Å². The van der Waals surface area contributed by atoms with Gasteiger partial charge < -0.3 is 14.8 Å². The summed E-state index contributed by atoms with van der Waals surface area (Å²) in [4.78, 5) is 15.9. The Hall–Kier alpha value is -2.40. The molecular formula is C18H20N2O3. The van der Waals surface area contributed by atoms with Crippen LogP contribution in [-0.2, 0) is 16.0 Å². The van der Waals surface area contributed by atoms with Crippen molar-refractivity contribution < 1.29 is 14.3 Å². The summed E-state index contributed by atoms with van der Waals surface area (Å²) in [6.07, 6.45) is 2.50. The van der Waals surface area contributed by atoms with Crippen molar-refractivity contribution in [2.75, 3.05) is 20.3 Å². The van der Waals surface area contributed by atoms with Gasteiger partial charge in [0, 0.05) is 25.3 Å². The quantitative estimate of drug-likeness (QED) is 0.919. The van der Waals surface area contributed by atoms with E-state index in [4.69, 9.17) is 9.47 Å². The molecule has 1 aliphatic heterocycles. The minimum atomic E-state index is -0.131. The lowest BCUT2D eigenvalue weighted by atomic mass is 10.0. The largest absolute Gasteiger partial charge is 0.487 e. The van der Waals surface area contributed by atoms with E-state index < -0.39 is 0 Å². The number of nitrogens with zero attached hydrogens (tertiary/aromatic N) is 1. The average molecular weight is 312 g/mol. The van der Waals surface area contributed by atoms with Crippen LogP contribution in [0.25, 0.3) is 11.3 Å². The molecule has 0 saturated heterocycles. The van der Waals surface area contributed by atoms with E-state index in [-0.39, 0.29) is 18.6 Å². The zero-order valence-electron chi connectivity index (χ0n) is 13.3. The number of ether oxygens (including phenoxy) is 2. The van der Waals surface area contributed by atoms with Crippen LogP contribution in [0.1, 0.15) is 11.1 Å². The highest BCUT2D eigenvalue weighted by atomic mass is 16.5. The van der Waals surface area contributed by atoms with Crippen molar-refractivity contribution in [1.82, 2.24) is 10.3 Å². The summed E-state index contributed by atoms with van der Waals surface area (Å²) < 4.78 is 10.9. The Morgan fingerprint density at radius 2 is 2.30 bits per heavy atom. The Labute approximate surface area is 135 Å². The fraction of sp³-hybridized carbons (Fsp3) is 0.333. The Bertz CT molecular complexity index is 701. The van der Waals surface area contributed by atoms with Gasteiger partial charge in [0.15, 0.2) is 0 Å². The van der Waals surface area contributed by atoms with Crippen LogP contribution in [0.3, 0.4) is 0 Å². The first-order valence-electron chi connectivity index (χ1n) is 7.64. The maximum Gasteiger partial charge on any atom is 0.246 e. The number of amides is 1. The van der Waals surface area contributed by atoms with E-state index in [2.05, 4.69) is 29.4 Å². The highest BCUT2D eigenvalue weighted by Gasteiger charge is 2.27. The van der Waals surface area contributed by atoms with Gasteiger partial charge in [-0.05, 0) is 36.2 Å². The summed E-state index contributed by atoms with van der Waals surface area (Å²) in [5, 5.41) is 2.83. The Kier molecular flexibility index (Phi) is 4.57. The summed E-state index contributed by atoms with van der Waals surface area (Å²) in [6, 6.07) is 10.1. The molecular weight excluding hydrogens is 292 g/mol. The molecule has 0 spiro atoms. The maximum absolute atomic E-state index is 11.5. The molecule has 23 heavy (non-hydrogen) atoms. The van der Waals surface area contributed by atoms with Gasteiger partial charge >= 0.3 is 0 Å². The van der Waals surface area contributed by atoms with Gasteiger partial charge in [0.1, 0.15) is 18.5 Å². The van der Waals surface area contributed by atoms with Crippen LogP contribution in [0.15, 0.2) is 36.5 Å². The minimum Gasteiger partial charge on any atom is -0.487 e. The number of hydrogen-bond donors (Lipinski definition) is 1. The first-order valence-corrected chi connectivity index (χ1v) is 7.64. The SMILES string of the molecule is COCC(=O)NC[C@H]1Cc2cc(C)cc(-c3ccccn3)c2O1. The van der Waals surface area contributed by atoms with E-state index in [1.807, 2.05) is 18.2 Å². The Morgan fingerprint density at radius 3 is 3.04 bits per heavy atom. The average Bonchev–Trinajstić information content (AvgIpc) is 2.96. The van der Waals surface area contributed by atoms with Crippen LogP contribution in [0.4, 0.5) is 0 Å². The molecule has 5 heteroatoms. The first kappa shape index (κ1) is 15.5. The third kappa shape index (κ3) is 3.51. The van der Waals surface area contributed by atoms with Crippen LogP contribution in [0.5, 0.6) is 5.75 Å². The fourth-order valence-electron chi connectivity index (χ4n) is 2.83. The molecule has 2 heterocycles. The van der Waals surface area contributed by atoms with Gasteiger partial charge in [-0.15, -0.1) is 0 Å². The smallest absolute Gasteiger partial charge is 0.246 e. The second-order valence-electron chi connectivity index (χ2n) is 5.70. The molecule has 1 aromatic carbocycles. The molecule has 1 aliphatic rings. The molecule has 1 amide bonds. The molecule has 3 rings (SSSR count). The first-order chi connectivity index (χ1) is 11.2. The van der Waals surface area contributed by atoms with Crippen LogP contribution in [0, 0.1) is 6.92 Å². The highest BCUT2D eigenvalue weighted by molar-refractivity contribution is 5.77. The summed E-state index contributed by atoms with van der Waals surface area (Å²) in [5.41, 5.74) is 4.25. The van der Waals surface area contributed by atoms with E-state index in [1.165, 1.54) is 12.7 Å². The normalized spacial score (nSPS) is 15.8. The van der Waals surface area contributed by atoms with E-state index >= 15 is 0 Å². The number of fused-ring (bicyclic) bond motifs is 1. The van der Waals surface area contributed by atoms with Gasteiger partial charge in [0.2, 0.25) is 5.91 Å². The van der Waals surface area contributed by atoms with Gasteiger partial charge in [-0.2, -0.15) is 0 Å². The standard InChI is InChI=1S/C18H20N2O3/c1-12-7-13-9-14(10-20-17(21)11-22-2)23-18(13)15(8-12)16-5-3-4-6-19-16/h3-8,14H,9-11H2,1-2H3,(H,20,21)/t14-/m1/s1. The second kappa shape index (κ2) is 6.79. The summed E-state index contributed by atoms with van der Waals surface area (Å²) in [5.74, 6) is 0.744. The molecule has 120 valence electrons.